The van der Waals surface area contributed by atoms with E-state index >= 15 is 0 Å². The lowest BCUT2D eigenvalue weighted by Crippen LogP contribution is -2.35. The van der Waals surface area contributed by atoms with Crippen molar-refractivity contribution in [3.05, 3.63) is 83.9 Å². The van der Waals surface area contributed by atoms with Gasteiger partial charge in [0.05, 0.1) is 17.1 Å². The number of amides is 1. The first kappa shape index (κ1) is 21.5. The third-order valence-electron chi connectivity index (χ3n) is 4.53. The Balaban J connectivity index is 1.74. The van der Waals surface area contributed by atoms with Gasteiger partial charge in [0.15, 0.2) is 5.75 Å². The smallest absolute Gasteiger partial charge is 0.243 e. The number of likely N-dealkylation sites (N-methyl/N-ethyl adjacent to an activating group) is 1. The number of para-hydroxylation sites is 3. The van der Waals surface area contributed by atoms with Gasteiger partial charge in [-0.2, -0.15) is 4.31 Å². The third kappa shape index (κ3) is 5.06. The van der Waals surface area contributed by atoms with Gasteiger partial charge in [-0.05, 0) is 55.3 Å². The van der Waals surface area contributed by atoms with E-state index in [-0.39, 0.29) is 11.4 Å². The predicted octanol–water partition coefficient (Wildman–Crippen LogP) is 4.35. The molecule has 156 valence electrons. The van der Waals surface area contributed by atoms with Crippen LogP contribution in [0, 0.1) is 13.8 Å². The molecule has 3 aromatic carbocycles. The monoisotopic (exact) mass is 424 g/mol. The Bertz CT molecular complexity index is 1140. The lowest BCUT2D eigenvalue weighted by atomic mass is 10.2. The first-order valence-electron chi connectivity index (χ1n) is 9.43. The van der Waals surface area contributed by atoms with Crippen LogP contribution in [-0.4, -0.2) is 32.2 Å². The maximum Gasteiger partial charge on any atom is 0.243 e. The number of ether oxygens (including phenoxy) is 1. The average molecular weight is 425 g/mol. The lowest BCUT2D eigenvalue weighted by Gasteiger charge is -2.19. The van der Waals surface area contributed by atoms with Gasteiger partial charge in [-0.3, -0.25) is 4.79 Å². The van der Waals surface area contributed by atoms with Crippen LogP contribution in [0.15, 0.2) is 77.7 Å². The molecule has 6 nitrogen and oxygen atoms in total. The molecule has 0 atom stereocenters. The van der Waals surface area contributed by atoms with Crippen LogP contribution in [0.25, 0.3) is 0 Å². The molecule has 0 saturated heterocycles. The number of nitrogens with one attached hydrogen (secondary N) is 1. The second kappa shape index (κ2) is 9.11. The van der Waals surface area contributed by atoms with Gasteiger partial charge in [0.2, 0.25) is 15.9 Å². The fourth-order valence-electron chi connectivity index (χ4n) is 2.90. The molecule has 3 aromatic rings. The minimum Gasteiger partial charge on any atom is -0.455 e. The maximum atomic E-state index is 12.9. The van der Waals surface area contributed by atoms with Crippen molar-refractivity contribution in [1.82, 2.24) is 4.31 Å². The summed E-state index contributed by atoms with van der Waals surface area (Å²) in [4.78, 5) is 12.8. The summed E-state index contributed by atoms with van der Waals surface area (Å²) in [5, 5.41) is 2.74. The van der Waals surface area contributed by atoms with Crippen LogP contribution in [0.4, 0.5) is 5.69 Å². The quantitative estimate of drug-likeness (QED) is 0.612. The zero-order valence-corrected chi connectivity index (χ0v) is 17.9. The van der Waals surface area contributed by atoms with Crippen LogP contribution in [0.5, 0.6) is 11.5 Å². The number of hydrogen-bond acceptors (Lipinski definition) is 4. The second-order valence-corrected chi connectivity index (χ2v) is 9.00. The van der Waals surface area contributed by atoms with Gasteiger partial charge in [-0.25, -0.2) is 8.42 Å². The average Bonchev–Trinajstić information content (AvgIpc) is 2.72. The molecule has 0 unspecified atom stereocenters. The molecule has 0 aliphatic heterocycles. The summed E-state index contributed by atoms with van der Waals surface area (Å²) in [6.07, 6.45) is 0. The molecule has 0 bridgehead atoms. The Labute approximate surface area is 177 Å². The Kier molecular flexibility index (Phi) is 6.54. The van der Waals surface area contributed by atoms with Gasteiger partial charge in [-0.1, -0.05) is 42.5 Å². The number of carbonyl (C=O) groups is 1. The fraction of sp³-hybridized carbons (Fsp3) is 0.174. The Morgan fingerprint density at radius 1 is 0.967 bits per heavy atom. The van der Waals surface area contributed by atoms with Gasteiger partial charge in [0, 0.05) is 7.05 Å². The molecule has 1 amide bonds. The highest BCUT2D eigenvalue weighted by Crippen LogP contribution is 2.29. The van der Waals surface area contributed by atoms with Gasteiger partial charge in [-0.15, -0.1) is 0 Å². The van der Waals surface area contributed by atoms with Crippen LogP contribution in [0.2, 0.25) is 0 Å². The molecule has 0 aromatic heterocycles. The highest BCUT2D eigenvalue weighted by molar-refractivity contribution is 7.89. The number of carbonyl (C=O) groups excluding carboxylic acids is 1. The zero-order chi connectivity index (χ0) is 21.7. The van der Waals surface area contributed by atoms with Crippen molar-refractivity contribution < 1.29 is 17.9 Å². The number of benzene rings is 3. The number of hydrogen-bond donors (Lipinski definition) is 1. The Morgan fingerprint density at radius 3 is 2.37 bits per heavy atom. The summed E-state index contributed by atoms with van der Waals surface area (Å²) in [6.45, 7) is 3.24. The normalized spacial score (nSPS) is 11.3. The SMILES string of the molecule is Cc1ccc(C)c(S(=O)(=O)N(C)CC(=O)Nc2ccccc2Oc2ccccc2)c1. The van der Waals surface area contributed by atoms with E-state index in [9.17, 15) is 13.2 Å². The van der Waals surface area contributed by atoms with Gasteiger partial charge in [0.25, 0.3) is 0 Å². The minimum atomic E-state index is -3.80. The summed E-state index contributed by atoms with van der Waals surface area (Å²) >= 11 is 0. The first-order chi connectivity index (χ1) is 14.3. The summed E-state index contributed by atoms with van der Waals surface area (Å²) in [6, 6.07) is 21.4. The molecule has 0 fully saturated rings. The molecule has 0 aliphatic carbocycles. The maximum absolute atomic E-state index is 12.9. The van der Waals surface area contributed by atoms with Crippen molar-refractivity contribution in [3.63, 3.8) is 0 Å². The highest BCUT2D eigenvalue weighted by atomic mass is 32.2. The molecule has 7 heteroatoms. The molecule has 0 radical (unpaired) electrons. The predicted molar refractivity (Wildman–Crippen MR) is 117 cm³/mol. The molecule has 30 heavy (non-hydrogen) atoms. The Morgan fingerprint density at radius 2 is 1.63 bits per heavy atom. The molecule has 0 aliphatic rings. The van der Waals surface area contributed by atoms with Gasteiger partial charge < -0.3 is 10.1 Å². The van der Waals surface area contributed by atoms with E-state index < -0.39 is 15.9 Å². The summed E-state index contributed by atoms with van der Waals surface area (Å²) in [5.41, 5.74) is 1.93. The van der Waals surface area contributed by atoms with E-state index in [4.69, 9.17) is 4.74 Å². The highest BCUT2D eigenvalue weighted by Gasteiger charge is 2.25. The lowest BCUT2D eigenvalue weighted by molar-refractivity contribution is -0.116. The first-order valence-corrected chi connectivity index (χ1v) is 10.9. The van der Waals surface area contributed by atoms with Crippen molar-refractivity contribution in [2.45, 2.75) is 18.7 Å². The zero-order valence-electron chi connectivity index (χ0n) is 17.1. The summed E-state index contributed by atoms with van der Waals surface area (Å²) in [5.74, 6) is 0.640. The van der Waals surface area contributed by atoms with Gasteiger partial charge in [0.1, 0.15) is 5.75 Å². The van der Waals surface area contributed by atoms with E-state index in [1.807, 2.05) is 43.3 Å². The molecule has 0 spiro atoms. The fourth-order valence-corrected chi connectivity index (χ4v) is 4.34. The van der Waals surface area contributed by atoms with Crippen LogP contribution in [0.1, 0.15) is 11.1 Å². The van der Waals surface area contributed by atoms with E-state index in [0.29, 0.717) is 22.7 Å². The van der Waals surface area contributed by atoms with Crippen molar-refractivity contribution in [3.8, 4) is 11.5 Å². The summed E-state index contributed by atoms with van der Waals surface area (Å²) in [7, 11) is -2.40. The molecule has 0 heterocycles. The van der Waals surface area contributed by atoms with E-state index in [0.717, 1.165) is 9.87 Å². The Hall–Kier alpha value is -3.16. The van der Waals surface area contributed by atoms with Crippen molar-refractivity contribution in [2.24, 2.45) is 0 Å². The minimum absolute atomic E-state index is 0.200. The van der Waals surface area contributed by atoms with E-state index in [2.05, 4.69) is 5.32 Å². The standard InChI is InChI=1S/C23H24N2O4S/c1-17-13-14-18(2)22(15-17)30(27,28)25(3)16-23(26)24-20-11-7-8-12-21(20)29-19-9-5-4-6-10-19/h4-15H,16H2,1-3H3,(H,24,26). The third-order valence-corrected chi connectivity index (χ3v) is 6.48. The second-order valence-electron chi connectivity index (χ2n) is 6.99. The number of rotatable bonds is 7. The number of anilines is 1. The number of aryl methyl sites for hydroxylation is 2. The van der Waals surface area contributed by atoms with Crippen LogP contribution in [-0.2, 0) is 14.8 Å². The molecule has 3 rings (SSSR count). The van der Waals surface area contributed by atoms with Gasteiger partial charge >= 0.3 is 0 Å². The van der Waals surface area contributed by atoms with Crippen molar-refractivity contribution >= 4 is 21.6 Å². The largest absolute Gasteiger partial charge is 0.455 e. The van der Waals surface area contributed by atoms with Crippen molar-refractivity contribution in [2.75, 3.05) is 18.9 Å². The van der Waals surface area contributed by atoms with Crippen LogP contribution < -0.4 is 10.1 Å². The number of nitrogens with zero attached hydrogens (tertiary/aromatic N) is 1. The van der Waals surface area contributed by atoms with Crippen molar-refractivity contribution in [1.29, 1.82) is 0 Å². The summed E-state index contributed by atoms with van der Waals surface area (Å²) < 4.78 is 32.7. The molecule has 1 N–H and O–H groups in total. The van der Waals surface area contributed by atoms with Crippen LogP contribution in [0.3, 0.4) is 0 Å². The number of sulfonamides is 1. The van der Waals surface area contributed by atoms with Crippen LogP contribution >= 0.6 is 0 Å². The molecule has 0 saturated carbocycles. The van der Waals surface area contributed by atoms with E-state index in [1.165, 1.54) is 7.05 Å². The van der Waals surface area contributed by atoms with E-state index in [1.54, 1.807) is 43.3 Å². The molecular formula is C23H24N2O4S. The topological polar surface area (TPSA) is 75.7 Å². The molecular weight excluding hydrogens is 400 g/mol.